The quantitative estimate of drug-likeness (QED) is 0.840. The van der Waals surface area contributed by atoms with Gasteiger partial charge in [-0.1, -0.05) is 6.92 Å². The fraction of sp³-hybridized carbons (Fsp3) is 0.579. The molecule has 0 aromatic heterocycles. The molecule has 148 valence electrons. The number of carbonyl (C=O) groups is 2. The summed E-state index contributed by atoms with van der Waals surface area (Å²) in [5.41, 5.74) is -0.934. The molecule has 0 unspecified atom stereocenters. The van der Waals surface area contributed by atoms with Gasteiger partial charge in [-0.2, -0.15) is 13.2 Å². The third-order valence-corrected chi connectivity index (χ3v) is 5.38. The summed E-state index contributed by atoms with van der Waals surface area (Å²) >= 11 is 0. The highest BCUT2D eigenvalue weighted by Gasteiger charge is 2.34. The predicted octanol–water partition coefficient (Wildman–Crippen LogP) is 2.95. The second-order valence-electron chi connectivity index (χ2n) is 7.66. The molecular weight excluding hydrogens is 359 g/mol. The first-order valence-electron chi connectivity index (χ1n) is 9.20. The number of alkyl halides is 3. The third-order valence-electron chi connectivity index (χ3n) is 5.38. The van der Waals surface area contributed by atoms with E-state index in [2.05, 4.69) is 17.6 Å². The van der Waals surface area contributed by atoms with E-state index < -0.39 is 17.6 Å². The lowest BCUT2D eigenvalue weighted by Crippen LogP contribution is -2.43. The van der Waals surface area contributed by atoms with Crippen LogP contribution in [0.4, 0.5) is 18.9 Å². The van der Waals surface area contributed by atoms with E-state index in [1.165, 1.54) is 11.0 Å². The zero-order valence-corrected chi connectivity index (χ0v) is 15.3. The van der Waals surface area contributed by atoms with Gasteiger partial charge in [0.15, 0.2) is 0 Å². The summed E-state index contributed by atoms with van der Waals surface area (Å²) in [7, 11) is 0. The SMILES string of the molecule is CC1(CNC(=O)c2cc(N3CCCC3=O)cc(C(F)(F)F)c2)CCNCC1. The monoisotopic (exact) mass is 383 g/mol. The number of benzene rings is 1. The van der Waals surface area contributed by atoms with Crippen molar-refractivity contribution in [3.05, 3.63) is 29.3 Å². The number of amides is 2. The molecule has 2 amide bonds. The summed E-state index contributed by atoms with van der Waals surface area (Å²) in [6.45, 7) is 4.55. The van der Waals surface area contributed by atoms with Crippen LogP contribution in [0.5, 0.6) is 0 Å². The Hall–Kier alpha value is -2.09. The number of piperidine rings is 1. The number of anilines is 1. The lowest BCUT2D eigenvalue weighted by atomic mass is 9.81. The highest BCUT2D eigenvalue weighted by atomic mass is 19.4. The van der Waals surface area contributed by atoms with Gasteiger partial charge >= 0.3 is 6.18 Å². The Labute approximate surface area is 156 Å². The number of hydrogen-bond donors (Lipinski definition) is 2. The van der Waals surface area contributed by atoms with Crippen molar-refractivity contribution in [1.29, 1.82) is 0 Å². The van der Waals surface area contributed by atoms with Crippen molar-refractivity contribution in [2.24, 2.45) is 5.41 Å². The molecule has 0 radical (unpaired) electrons. The summed E-state index contributed by atoms with van der Waals surface area (Å²) < 4.78 is 39.9. The number of hydrogen-bond acceptors (Lipinski definition) is 3. The zero-order chi connectivity index (χ0) is 19.7. The molecule has 2 aliphatic rings. The van der Waals surface area contributed by atoms with Crippen LogP contribution in [0.1, 0.15) is 48.5 Å². The van der Waals surface area contributed by atoms with E-state index >= 15 is 0 Å². The van der Waals surface area contributed by atoms with E-state index in [1.54, 1.807) is 0 Å². The maximum Gasteiger partial charge on any atom is 0.416 e. The van der Waals surface area contributed by atoms with Crippen LogP contribution in [0.25, 0.3) is 0 Å². The molecule has 2 aliphatic heterocycles. The fourth-order valence-electron chi connectivity index (χ4n) is 3.59. The van der Waals surface area contributed by atoms with E-state index in [1.807, 2.05) is 0 Å². The molecule has 3 rings (SSSR count). The minimum absolute atomic E-state index is 0.0722. The third kappa shape index (κ3) is 4.61. The Bertz CT molecular complexity index is 727. The lowest BCUT2D eigenvalue weighted by molar-refractivity contribution is -0.137. The number of rotatable bonds is 4. The van der Waals surface area contributed by atoms with Gasteiger partial charge in [-0.3, -0.25) is 9.59 Å². The number of nitrogens with one attached hydrogen (secondary N) is 2. The van der Waals surface area contributed by atoms with E-state index in [0.29, 0.717) is 25.9 Å². The normalized spacial score (nSPS) is 20.0. The van der Waals surface area contributed by atoms with Gasteiger partial charge in [-0.05, 0) is 56.0 Å². The Balaban J connectivity index is 1.82. The van der Waals surface area contributed by atoms with Crippen LogP contribution in [0.15, 0.2) is 18.2 Å². The van der Waals surface area contributed by atoms with Crippen LogP contribution in [0, 0.1) is 5.41 Å². The van der Waals surface area contributed by atoms with Crippen LogP contribution in [0.2, 0.25) is 0 Å². The van der Waals surface area contributed by atoms with Gasteiger partial charge in [0.25, 0.3) is 5.91 Å². The summed E-state index contributed by atoms with van der Waals surface area (Å²) in [6.07, 6.45) is -1.89. The largest absolute Gasteiger partial charge is 0.416 e. The minimum Gasteiger partial charge on any atom is -0.351 e. The molecule has 0 bridgehead atoms. The summed E-state index contributed by atoms with van der Waals surface area (Å²) in [4.78, 5) is 25.8. The van der Waals surface area contributed by atoms with Crippen molar-refractivity contribution in [2.75, 3.05) is 31.1 Å². The topological polar surface area (TPSA) is 61.4 Å². The molecule has 27 heavy (non-hydrogen) atoms. The van der Waals surface area contributed by atoms with Crippen molar-refractivity contribution >= 4 is 17.5 Å². The van der Waals surface area contributed by atoms with Gasteiger partial charge in [0.05, 0.1) is 5.56 Å². The fourth-order valence-corrected chi connectivity index (χ4v) is 3.59. The average molecular weight is 383 g/mol. The molecular formula is C19H24F3N3O2. The second kappa shape index (κ2) is 7.50. The van der Waals surface area contributed by atoms with E-state index in [9.17, 15) is 22.8 Å². The first kappa shape index (κ1) is 19.7. The van der Waals surface area contributed by atoms with E-state index in [-0.39, 0.29) is 22.6 Å². The predicted molar refractivity (Wildman–Crippen MR) is 95.6 cm³/mol. The molecule has 2 N–H and O–H groups in total. The molecule has 0 atom stereocenters. The maximum absolute atomic E-state index is 13.3. The Kier molecular flexibility index (Phi) is 5.46. The number of carbonyl (C=O) groups excluding carboxylic acids is 2. The highest BCUT2D eigenvalue weighted by molar-refractivity contribution is 5.99. The van der Waals surface area contributed by atoms with Gasteiger partial charge < -0.3 is 15.5 Å². The lowest BCUT2D eigenvalue weighted by Gasteiger charge is -2.34. The van der Waals surface area contributed by atoms with Crippen molar-refractivity contribution in [2.45, 2.75) is 38.8 Å². The van der Waals surface area contributed by atoms with Crippen LogP contribution < -0.4 is 15.5 Å². The van der Waals surface area contributed by atoms with Gasteiger partial charge in [0, 0.05) is 30.8 Å². The molecule has 8 heteroatoms. The number of halogens is 3. The van der Waals surface area contributed by atoms with Crippen molar-refractivity contribution in [3.8, 4) is 0 Å². The number of nitrogens with zero attached hydrogens (tertiary/aromatic N) is 1. The zero-order valence-electron chi connectivity index (χ0n) is 15.3. The molecule has 0 saturated carbocycles. The van der Waals surface area contributed by atoms with Gasteiger partial charge in [-0.25, -0.2) is 0 Å². The summed E-state index contributed by atoms with van der Waals surface area (Å²) in [5.74, 6) is -0.767. The summed E-state index contributed by atoms with van der Waals surface area (Å²) in [5, 5.41) is 6.03. The van der Waals surface area contributed by atoms with Gasteiger partial charge in [0.2, 0.25) is 5.91 Å². The minimum atomic E-state index is -4.59. The van der Waals surface area contributed by atoms with Crippen molar-refractivity contribution in [1.82, 2.24) is 10.6 Å². The Morgan fingerprint density at radius 2 is 1.96 bits per heavy atom. The standard InChI is InChI=1S/C19H24F3N3O2/c1-18(4-6-23-7-5-18)12-24-17(27)13-9-14(19(20,21)22)11-15(10-13)25-8-2-3-16(25)26/h9-11,23H,2-8,12H2,1H3,(H,24,27). The molecule has 2 saturated heterocycles. The van der Waals surface area contributed by atoms with E-state index in [0.717, 1.165) is 38.1 Å². The van der Waals surface area contributed by atoms with Gasteiger partial charge in [0.1, 0.15) is 0 Å². The molecule has 2 heterocycles. The molecule has 0 aliphatic carbocycles. The first-order chi connectivity index (χ1) is 12.7. The van der Waals surface area contributed by atoms with Crippen LogP contribution in [-0.2, 0) is 11.0 Å². The highest BCUT2D eigenvalue weighted by Crippen LogP contribution is 2.34. The van der Waals surface area contributed by atoms with Gasteiger partial charge in [-0.15, -0.1) is 0 Å². The molecule has 5 nitrogen and oxygen atoms in total. The molecule has 1 aromatic carbocycles. The van der Waals surface area contributed by atoms with E-state index in [4.69, 9.17) is 0 Å². The van der Waals surface area contributed by atoms with Crippen molar-refractivity contribution in [3.63, 3.8) is 0 Å². The summed E-state index contributed by atoms with van der Waals surface area (Å²) in [6, 6.07) is 3.16. The molecule has 1 aromatic rings. The smallest absolute Gasteiger partial charge is 0.351 e. The Morgan fingerprint density at radius 3 is 2.56 bits per heavy atom. The maximum atomic E-state index is 13.3. The molecule has 0 spiro atoms. The van der Waals surface area contributed by atoms with Crippen LogP contribution in [-0.4, -0.2) is 38.0 Å². The Morgan fingerprint density at radius 1 is 1.26 bits per heavy atom. The van der Waals surface area contributed by atoms with Crippen LogP contribution >= 0.6 is 0 Å². The van der Waals surface area contributed by atoms with Crippen LogP contribution in [0.3, 0.4) is 0 Å². The average Bonchev–Trinajstić information content (AvgIpc) is 3.05. The second-order valence-corrected chi connectivity index (χ2v) is 7.66. The first-order valence-corrected chi connectivity index (χ1v) is 9.20. The molecule has 2 fully saturated rings. The van der Waals surface area contributed by atoms with Crippen molar-refractivity contribution < 1.29 is 22.8 Å².